The molecule has 3 fully saturated rings. The van der Waals surface area contributed by atoms with E-state index in [1.165, 1.54) is 62.1 Å². The van der Waals surface area contributed by atoms with Gasteiger partial charge in [-0.1, -0.05) is 42.8 Å². The van der Waals surface area contributed by atoms with Gasteiger partial charge in [-0.15, -0.1) is 5.10 Å². The summed E-state index contributed by atoms with van der Waals surface area (Å²) in [5, 5.41) is 11.0. The zero-order valence-corrected chi connectivity index (χ0v) is 20.5. The second kappa shape index (κ2) is 7.50. The maximum atomic E-state index is 4.39. The van der Waals surface area contributed by atoms with Crippen LogP contribution in [0.15, 0.2) is 60.7 Å². The SMILES string of the molecule is C[C@]12CC[C@H]3[C@@H](CC=C4C[C@H](n5ccnn5)CC[C@@]43C)[C@@H]1CC[C@@H]2c1ccc2ccncc2c1. The summed E-state index contributed by atoms with van der Waals surface area (Å²) in [5.41, 5.74) is 4.08. The first-order valence-electron chi connectivity index (χ1n) is 13.5. The van der Waals surface area contributed by atoms with Crippen LogP contribution in [0.5, 0.6) is 0 Å². The summed E-state index contributed by atoms with van der Waals surface area (Å²) in [5.74, 6) is 3.23. The number of nitrogens with zero attached hydrogens (tertiary/aromatic N) is 4. The van der Waals surface area contributed by atoms with Gasteiger partial charge in [0.15, 0.2) is 0 Å². The Labute approximate surface area is 202 Å². The lowest BCUT2D eigenvalue weighted by atomic mass is 9.47. The predicted molar refractivity (Wildman–Crippen MR) is 135 cm³/mol. The highest BCUT2D eigenvalue weighted by Gasteiger charge is 2.58. The van der Waals surface area contributed by atoms with E-state index in [1.54, 1.807) is 11.1 Å². The molecule has 0 N–H and O–H groups in total. The number of rotatable bonds is 2. The monoisotopic (exact) mass is 452 g/mol. The lowest BCUT2D eigenvalue weighted by Crippen LogP contribution is -2.49. The minimum absolute atomic E-state index is 0.383. The zero-order valence-electron chi connectivity index (χ0n) is 20.5. The molecule has 0 unspecified atom stereocenters. The van der Waals surface area contributed by atoms with E-state index in [9.17, 15) is 0 Å². The third kappa shape index (κ3) is 2.93. The quantitative estimate of drug-likeness (QED) is 0.389. The molecule has 4 aliphatic carbocycles. The molecule has 4 heteroatoms. The van der Waals surface area contributed by atoms with Crippen LogP contribution in [0.3, 0.4) is 0 Å². The van der Waals surface area contributed by atoms with E-state index in [1.807, 2.05) is 24.8 Å². The average Bonchev–Trinajstić information content (AvgIpc) is 3.51. The van der Waals surface area contributed by atoms with Crippen molar-refractivity contribution in [2.45, 2.75) is 77.2 Å². The van der Waals surface area contributed by atoms with E-state index in [4.69, 9.17) is 0 Å². The molecule has 0 saturated heterocycles. The van der Waals surface area contributed by atoms with Gasteiger partial charge in [0, 0.05) is 24.0 Å². The molecule has 7 rings (SSSR count). The van der Waals surface area contributed by atoms with Gasteiger partial charge in [-0.2, -0.15) is 0 Å². The van der Waals surface area contributed by atoms with Crippen molar-refractivity contribution in [3.63, 3.8) is 0 Å². The molecule has 4 aliphatic rings. The fourth-order valence-corrected chi connectivity index (χ4v) is 9.15. The van der Waals surface area contributed by atoms with Crippen molar-refractivity contribution in [1.82, 2.24) is 20.0 Å². The molecular formula is C30H36N4. The summed E-state index contributed by atoms with van der Waals surface area (Å²) < 4.78 is 2.10. The van der Waals surface area contributed by atoms with Gasteiger partial charge in [0.25, 0.3) is 0 Å². The molecule has 4 nitrogen and oxygen atoms in total. The highest BCUT2D eigenvalue weighted by Crippen LogP contribution is 2.68. The number of hydrogen-bond donors (Lipinski definition) is 0. The van der Waals surface area contributed by atoms with Crippen molar-refractivity contribution in [3.05, 3.63) is 66.3 Å². The Kier molecular flexibility index (Phi) is 4.60. The molecule has 0 radical (unpaired) electrons. The zero-order chi connectivity index (χ0) is 22.9. The van der Waals surface area contributed by atoms with Gasteiger partial charge in [0.1, 0.15) is 0 Å². The summed E-state index contributed by atoms with van der Waals surface area (Å²) in [7, 11) is 0. The van der Waals surface area contributed by atoms with E-state index in [2.05, 4.69) is 64.2 Å². The summed E-state index contributed by atoms with van der Waals surface area (Å²) in [6.07, 6.45) is 21.0. The molecule has 0 aliphatic heterocycles. The molecule has 2 heterocycles. The minimum Gasteiger partial charge on any atom is -0.264 e. The number of fused-ring (bicyclic) bond motifs is 6. The van der Waals surface area contributed by atoms with Crippen LogP contribution in [0, 0.1) is 28.6 Å². The van der Waals surface area contributed by atoms with Crippen molar-refractivity contribution in [3.8, 4) is 0 Å². The third-order valence-electron chi connectivity index (χ3n) is 11.0. The molecule has 1 aromatic carbocycles. The van der Waals surface area contributed by atoms with Crippen LogP contribution in [-0.4, -0.2) is 20.0 Å². The number of allylic oxidation sites excluding steroid dienone is 2. The Morgan fingerprint density at radius 1 is 0.941 bits per heavy atom. The van der Waals surface area contributed by atoms with Crippen LogP contribution in [0.25, 0.3) is 10.8 Å². The first-order valence-corrected chi connectivity index (χ1v) is 13.5. The van der Waals surface area contributed by atoms with Crippen LogP contribution in [-0.2, 0) is 0 Å². The largest absolute Gasteiger partial charge is 0.264 e. The standard InChI is InChI=1S/C30H36N4/c1-29-12-9-24(34-16-15-32-33-34)18-23(29)5-6-25-27-8-7-26(30(27,2)13-10-28(25)29)21-4-3-20-11-14-31-19-22(20)17-21/h3-5,11,14-17,19,24-28H,6-10,12-13,18H2,1-2H3/t24-,25+,26-,27+,28+,29+,30-/m1/s1. The predicted octanol–water partition coefficient (Wildman–Crippen LogP) is 7.11. The van der Waals surface area contributed by atoms with Crippen molar-refractivity contribution in [1.29, 1.82) is 0 Å². The van der Waals surface area contributed by atoms with E-state index in [-0.39, 0.29) is 0 Å². The highest BCUT2D eigenvalue weighted by atomic mass is 15.4. The molecular weight excluding hydrogens is 416 g/mol. The molecule has 3 saturated carbocycles. The van der Waals surface area contributed by atoms with Crippen LogP contribution < -0.4 is 0 Å². The van der Waals surface area contributed by atoms with E-state index >= 15 is 0 Å². The molecule has 7 atom stereocenters. The molecule has 0 spiro atoms. The summed E-state index contributed by atoms with van der Waals surface area (Å²) in [6, 6.07) is 9.80. The normalized spacial score (nSPS) is 39.2. The lowest BCUT2D eigenvalue weighted by Gasteiger charge is -2.58. The third-order valence-corrected chi connectivity index (χ3v) is 11.0. The number of benzene rings is 1. The smallest absolute Gasteiger partial charge is 0.0693 e. The van der Waals surface area contributed by atoms with Crippen LogP contribution in [0.2, 0.25) is 0 Å². The number of aromatic nitrogens is 4. The van der Waals surface area contributed by atoms with Gasteiger partial charge in [0.05, 0.1) is 12.2 Å². The van der Waals surface area contributed by atoms with E-state index in [0.29, 0.717) is 22.8 Å². The molecule has 0 amide bonds. The van der Waals surface area contributed by atoms with Gasteiger partial charge in [-0.25, -0.2) is 4.68 Å². The molecule has 2 aromatic heterocycles. The maximum Gasteiger partial charge on any atom is 0.0693 e. The number of hydrogen-bond acceptors (Lipinski definition) is 3. The number of pyridine rings is 1. The van der Waals surface area contributed by atoms with Crippen molar-refractivity contribution < 1.29 is 0 Å². The molecule has 176 valence electrons. The highest BCUT2D eigenvalue weighted by molar-refractivity contribution is 5.82. The van der Waals surface area contributed by atoms with E-state index < -0.39 is 0 Å². The Bertz CT molecular complexity index is 1250. The summed E-state index contributed by atoms with van der Waals surface area (Å²) in [6.45, 7) is 5.25. The first kappa shape index (κ1) is 20.8. The second-order valence-electron chi connectivity index (χ2n) is 12.2. The van der Waals surface area contributed by atoms with Gasteiger partial charge >= 0.3 is 0 Å². The average molecular weight is 453 g/mol. The summed E-state index contributed by atoms with van der Waals surface area (Å²) >= 11 is 0. The fraction of sp³-hybridized carbons (Fsp3) is 0.567. The fourth-order valence-electron chi connectivity index (χ4n) is 9.15. The molecule has 3 aromatic rings. The van der Waals surface area contributed by atoms with Crippen molar-refractivity contribution >= 4 is 10.8 Å². The van der Waals surface area contributed by atoms with Crippen molar-refractivity contribution in [2.75, 3.05) is 0 Å². The van der Waals surface area contributed by atoms with Gasteiger partial charge in [0.2, 0.25) is 0 Å². The minimum atomic E-state index is 0.383. The summed E-state index contributed by atoms with van der Waals surface area (Å²) in [4.78, 5) is 4.39. The van der Waals surface area contributed by atoms with Crippen molar-refractivity contribution in [2.24, 2.45) is 28.6 Å². The second-order valence-corrected chi connectivity index (χ2v) is 12.2. The Balaban J connectivity index is 1.18. The van der Waals surface area contributed by atoms with Gasteiger partial charge < -0.3 is 0 Å². The van der Waals surface area contributed by atoms with Gasteiger partial charge in [-0.05, 0) is 109 Å². The Morgan fingerprint density at radius 3 is 2.76 bits per heavy atom. The maximum absolute atomic E-state index is 4.39. The molecule has 34 heavy (non-hydrogen) atoms. The topological polar surface area (TPSA) is 43.6 Å². The Morgan fingerprint density at radius 2 is 1.88 bits per heavy atom. The van der Waals surface area contributed by atoms with E-state index in [0.717, 1.165) is 17.8 Å². The van der Waals surface area contributed by atoms with Crippen LogP contribution >= 0.6 is 0 Å². The van der Waals surface area contributed by atoms with Crippen LogP contribution in [0.1, 0.15) is 82.7 Å². The first-order chi connectivity index (χ1) is 16.6. The van der Waals surface area contributed by atoms with Gasteiger partial charge in [-0.3, -0.25) is 4.98 Å². The lowest BCUT2D eigenvalue weighted by molar-refractivity contribution is -0.0342. The Hall–Kier alpha value is -2.49. The van der Waals surface area contributed by atoms with Crippen LogP contribution in [0.4, 0.5) is 0 Å². The molecule has 0 bridgehead atoms.